The van der Waals surface area contributed by atoms with Crippen molar-refractivity contribution in [2.75, 3.05) is 0 Å². The highest BCUT2D eigenvalue weighted by Crippen LogP contribution is 2.35. The zero-order chi connectivity index (χ0) is 14.9. The molecule has 0 aliphatic rings. The van der Waals surface area contributed by atoms with Gasteiger partial charge in [0.2, 0.25) is 0 Å². The van der Waals surface area contributed by atoms with Crippen LogP contribution in [-0.4, -0.2) is 0 Å². The number of hydrogen-bond acceptors (Lipinski definition) is 0. The van der Waals surface area contributed by atoms with Crippen LogP contribution in [0.15, 0.2) is 51.4 Å². The molecule has 0 heterocycles. The molecule has 2 aromatic rings. The largest absolute Gasteiger partial charge is 0.0786 e. The standard InChI is InChI=1S/C17H17Br3/c1-17(2,3)13-6-4-11(5-7-13)16(20)12-8-14(18)10-15(19)9-12/h4-10,16H,1-3H3. The van der Waals surface area contributed by atoms with Crippen molar-refractivity contribution in [2.24, 2.45) is 0 Å². The zero-order valence-electron chi connectivity index (χ0n) is 11.8. The van der Waals surface area contributed by atoms with Crippen LogP contribution in [0.3, 0.4) is 0 Å². The summed E-state index contributed by atoms with van der Waals surface area (Å²) >= 11 is 10.9. The van der Waals surface area contributed by atoms with Crippen molar-refractivity contribution in [3.63, 3.8) is 0 Å². The van der Waals surface area contributed by atoms with Crippen LogP contribution in [0.5, 0.6) is 0 Å². The average molecular weight is 461 g/mol. The van der Waals surface area contributed by atoms with Gasteiger partial charge in [-0.25, -0.2) is 0 Å². The first kappa shape index (κ1) is 16.3. The smallest absolute Gasteiger partial charge is 0.0645 e. The van der Waals surface area contributed by atoms with E-state index in [0.29, 0.717) is 0 Å². The van der Waals surface area contributed by atoms with Gasteiger partial charge in [-0.3, -0.25) is 0 Å². The predicted octanol–water partition coefficient (Wildman–Crippen LogP) is 6.99. The van der Waals surface area contributed by atoms with Gasteiger partial charge in [0, 0.05) is 8.95 Å². The molecule has 0 radical (unpaired) electrons. The van der Waals surface area contributed by atoms with Gasteiger partial charge >= 0.3 is 0 Å². The maximum absolute atomic E-state index is 3.80. The molecule has 1 atom stereocenters. The number of halogens is 3. The summed E-state index contributed by atoms with van der Waals surface area (Å²) in [5, 5.41) is 0. The van der Waals surface area contributed by atoms with Gasteiger partial charge < -0.3 is 0 Å². The fourth-order valence-corrected chi connectivity index (χ4v) is 3.96. The van der Waals surface area contributed by atoms with Crippen molar-refractivity contribution in [3.05, 3.63) is 68.1 Å². The molecule has 1 unspecified atom stereocenters. The number of benzene rings is 2. The van der Waals surface area contributed by atoms with Crippen molar-refractivity contribution >= 4 is 47.8 Å². The summed E-state index contributed by atoms with van der Waals surface area (Å²) in [7, 11) is 0. The Labute approximate surface area is 146 Å². The van der Waals surface area contributed by atoms with E-state index in [1.54, 1.807) is 0 Å². The lowest BCUT2D eigenvalue weighted by molar-refractivity contribution is 0.590. The maximum Gasteiger partial charge on any atom is 0.0645 e. The molecule has 2 rings (SSSR count). The van der Waals surface area contributed by atoms with Gasteiger partial charge in [0.05, 0.1) is 4.83 Å². The molecule has 0 fully saturated rings. The molecule has 0 saturated heterocycles. The van der Waals surface area contributed by atoms with Gasteiger partial charge in [0.25, 0.3) is 0 Å². The molecule has 0 nitrogen and oxygen atoms in total. The van der Waals surface area contributed by atoms with Crippen molar-refractivity contribution in [3.8, 4) is 0 Å². The highest BCUT2D eigenvalue weighted by Gasteiger charge is 2.15. The number of hydrogen-bond donors (Lipinski definition) is 0. The van der Waals surface area contributed by atoms with Gasteiger partial charge in [0.1, 0.15) is 0 Å². The second-order valence-corrected chi connectivity index (χ2v) is 8.68. The van der Waals surface area contributed by atoms with E-state index in [9.17, 15) is 0 Å². The summed E-state index contributed by atoms with van der Waals surface area (Å²) in [6, 6.07) is 15.2. The van der Waals surface area contributed by atoms with Crippen LogP contribution < -0.4 is 0 Å². The molecule has 0 N–H and O–H groups in total. The molecule has 0 amide bonds. The fraction of sp³-hybridized carbons (Fsp3) is 0.294. The highest BCUT2D eigenvalue weighted by atomic mass is 79.9. The third-order valence-electron chi connectivity index (χ3n) is 3.25. The van der Waals surface area contributed by atoms with E-state index in [-0.39, 0.29) is 10.2 Å². The molecular weight excluding hydrogens is 444 g/mol. The molecule has 0 aliphatic carbocycles. The second kappa shape index (κ2) is 6.33. The topological polar surface area (TPSA) is 0 Å². The minimum absolute atomic E-state index is 0.194. The molecule has 20 heavy (non-hydrogen) atoms. The van der Waals surface area contributed by atoms with E-state index in [4.69, 9.17) is 0 Å². The lowest BCUT2D eigenvalue weighted by atomic mass is 9.86. The minimum Gasteiger partial charge on any atom is -0.0786 e. The van der Waals surface area contributed by atoms with E-state index in [2.05, 4.69) is 105 Å². The number of alkyl halides is 1. The molecule has 0 spiro atoms. The summed E-state index contributed by atoms with van der Waals surface area (Å²) < 4.78 is 2.16. The van der Waals surface area contributed by atoms with E-state index in [1.807, 2.05) is 6.07 Å². The Hall–Kier alpha value is -0.120. The van der Waals surface area contributed by atoms with E-state index >= 15 is 0 Å². The third-order valence-corrected chi connectivity index (χ3v) is 5.22. The quantitative estimate of drug-likeness (QED) is 0.423. The Bertz CT molecular complexity index is 574. The summed E-state index contributed by atoms with van der Waals surface area (Å²) in [6.07, 6.45) is 0. The van der Waals surface area contributed by atoms with Gasteiger partial charge in [-0.05, 0) is 40.3 Å². The van der Waals surface area contributed by atoms with Crippen molar-refractivity contribution in [1.82, 2.24) is 0 Å². The average Bonchev–Trinajstić information content (AvgIpc) is 2.36. The van der Waals surface area contributed by atoms with Gasteiger partial charge in [-0.2, -0.15) is 0 Å². The Morgan fingerprint density at radius 2 is 1.30 bits per heavy atom. The molecule has 0 aromatic heterocycles. The molecule has 2 aromatic carbocycles. The second-order valence-electron chi connectivity index (χ2n) is 5.94. The zero-order valence-corrected chi connectivity index (χ0v) is 16.5. The molecule has 0 aliphatic heterocycles. The van der Waals surface area contributed by atoms with Gasteiger partial charge in [0.15, 0.2) is 0 Å². The van der Waals surface area contributed by atoms with E-state index < -0.39 is 0 Å². The molecule has 0 bridgehead atoms. The van der Waals surface area contributed by atoms with Crippen molar-refractivity contribution in [1.29, 1.82) is 0 Å². The molecule has 0 saturated carbocycles. The van der Waals surface area contributed by atoms with Crippen LogP contribution in [-0.2, 0) is 5.41 Å². The Balaban J connectivity index is 2.31. The highest BCUT2D eigenvalue weighted by molar-refractivity contribution is 9.11. The first-order valence-electron chi connectivity index (χ1n) is 6.48. The molecular formula is C17H17Br3. The van der Waals surface area contributed by atoms with Crippen LogP contribution in [0.25, 0.3) is 0 Å². The van der Waals surface area contributed by atoms with E-state index in [1.165, 1.54) is 16.7 Å². The predicted molar refractivity (Wildman–Crippen MR) is 97.8 cm³/mol. The van der Waals surface area contributed by atoms with Crippen LogP contribution in [0.2, 0.25) is 0 Å². The first-order chi connectivity index (χ1) is 9.27. The Morgan fingerprint density at radius 3 is 1.75 bits per heavy atom. The van der Waals surface area contributed by atoms with Crippen LogP contribution in [0.4, 0.5) is 0 Å². The normalized spacial score (nSPS) is 13.3. The molecule has 3 heteroatoms. The maximum atomic E-state index is 3.80. The Morgan fingerprint density at radius 1 is 0.800 bits per heavy atom. The lowest BCUT2D eigenvalue weighted by Gasteiger charge is -2.20. The van der Waals surface area contributed by atoms with Crippen LogP contribution >= 0.6 is 47.8 Å². The first-order valence-corrected chi connectivity index (χ1v) is 8.98. The number of rotatable bonds is 2. The summed E-state index contributed by atoms with van der Waals surface area (Å²) in [5.41, 5.74) is 4.05. The van der Waals surface area contributed by atoms with Crippen LogP contribution in [0.1, 0.15) is 42.3 Å². The molecule has 106 valence electrons. The van der Waals surface area contributed by atoms with Crippen molar-refractivity contribution in [2.45, 2.75) is 31.0 Å². The third kappa shape index (κ3) is 3.96. The fourth-order valence-electron chi connectivity index (χ4n) is 2.07. The summed E-state index contributed by atoms with van der Waals surface area (Å²) in [5.74, 6) is 0. The van der Waals surface area contributed by atoms with Crippen molar-refractivity contribution < 1.29 is 0 Å². The lowest BCUT2D eigenvalue weighted by Crippen LogP contribution is -2.10. The van der Waals surface area contributed by atoms with Crippen LogP contribution in [0, 0.1) is 0 Å². The summed E-state index contributed by atoms with van der Waals surface area (Å²) in [6.45, 7) is 6.71. The van der Waals surface area contributed by atoms with Gasteiger partial charge in [-0.1, -0.05) is 92.8 Å². The SMILES string of the molecule is CC(C)(C)c1ccc(C(Br)c2cc(Br)cc(Br)c2)cc1. The van der Waals surface area contributed by atoms with E-state index in [0.717, 1.165) is 8.95 Å². The minimum atomic E-state index is 0.194. The summed E-state index contributed by atoms with van der Waals surface area (Å²) in [4.78, 5) is 0.199. The monoisotopic (exact) mass is 458 g/mol. The Kier molecular flexibility index (Phi) is 5.14. The van der Waals surface area contributed by atoms with Gasteiger partial charge in [-0.15, -0.1) is 0 Å².